The summed E-state index contributed by atoms with van der Waals surface area (Å²) < 4.78 is 0. The van der Waals surface area contributed by atoms with Crippen molar-refractivity contribution >= 4 is 93.1 Å². The summed E-state index contributed by atoms with van der Waals surface area (Å²) >= 11 is 30.6. The van der Waals surface area contributed by atoms with Gasteiger partial charge in [0, 0.05) is 0 Å². The maximum Gasteiger partial charge on any atom is 3.00 e. The molecule has 0 amide bonds. The largest absolute Gasteiger partial charge is 3.00 e. The van der Waals surface area contributed by atoms with Gasteiger partial charge in [0.2, 0.25) is 0 Å². The van der Waals surface area contributed by atoms with E-state index >= 15 is 0 Å². The molecule has 0 fully saturated rings. The SMILES string of the molecule is CC(C)c1cccc(C(C)C)c1N=C([S-])c1cccc(C([S-])=Nc2c(C(C)C)cccc2C(C)C)n1.ClCCl.ClCCl.[Au+3].[Br-]. The van der Waals surface area contributed by atoms with Crippen molar-refractivity contribution in [3.63, 3.8) is 0 Å². The molecule has 11 heteroatoms. The first-order valence-electron chi connectivity index (χ1n) is 13.8. The molecule has 3 nitrogen and oxygen atoms in total. The normalized spacial score (nSPS) is 11.4. The molecular weight excluding hydrogens is 921 g/mol. The van der Waals surface area contributed by atoms with Crippen LogP contribution in [0.5, 0.6) is 0 Å². The molecule has 0 aliphatic rings. The van der Waals surface area contributed by atoms with Crippen molar-refractivity contribution in [3.8, 4) is 0 Å². The molecule has 246 valence electrons. The number of aliphatic imine (C=N–C) groups is 2. The summed E-state index contributed by atoms with van der Waals surface area (Å²) in [5, 5.41) is 1.31. The molecule has 0 saturated heterocycles. The van der Waals surface area contributed by atoms with Crippen LogP contribution >= 0.6 is 46.4 Å². The van der Waals surface area contributed by atoms with Crippen LogP contribution in [0.3, 0.4) is 0 Å². The summed E-state index contributed by atoms with van der Waals surface area (Å²) in [6, 6.07) is 18.5. The summed E-state index contributed by atoms with van der Waals surface area (Å²) in [6.07, 6.45) is 0. The van der Waals surface area contributed by atoms with E-state index in [1.54, 1.807) is 0 Å². The Bertz CT molecular complexity index is 1190. The average molecular weight is 963 g/mol. The Morgan fingerprint density at radius 1 is 0.568 bits per heavy atom. The number of halogens is 5. The van der Waals surface area contributed by atoms with Gasteiger partial charge in [-0.3, -0.25) is 9.98 Å². The van der Waals surface area contributed by atoms with Crippen molar-refractivity contribution in [3.05, 3.63) is 88.2 Å². The molecular formula is C33H41AuBrCl4N3S2. The third-order valence-corrected chi connectivity index (χ3v) is 6.90. The molecule has 1 aromatic heterocycles. The van der Waals surface area contributed by atoms with Crippen LogP contribution in [0.2, 0.25) is 0 Å². The topological polar surface area (TPSA) is 37.6 Å². The fourth-order valence-electron chi connectivity index (χ4n) is 4.27. The molecule has 3 aromatic rings. The molecule has 44 heavy (non-hydrogen) atoms. The number of para-hydroxylation sites is 2. The van der Waals surface area contributed by atoms with Crippen molar-refractivity contribution in [1.29, 1.82) is 0 Å². The van der Waals surface area contributed by atoms with Gasteiger partial charge in [0.1, 0.15) is 0 Å². The van der Waals surface area contributed by atoms with Crippen molar-refractivity contribution in [2.24, 2.45) is 9.98 Å². The summed E-state index contributed by atoms with van der Waals surface area (Å²) in [6.45, 7) is 17.5. The Morgan fingerprint density at radius 3 is 1.02 bits per heavy atom. The first-order valence-corrected chi connectivity index (χ1v) is 16.8. The summed E-state index contributed by atoms with van der Waals surface area (Å²) in [7, 11) is 0. The van der Waals surface area contributed by atoms with Gasteiger partial charge in [0.15, 0.2) is 0 Å². The maximum absolute atomic E-state index is 5.78. The first kappa shape index (κ1) is 45.9. The Labute approximate surface area is 322 Å². The number of alkyl halides is 4. The van der Waals surface area contributed by atoms with Gasteiger partial charge in [0.05, 0.1) is 33.4 Å². The molecule has 0 N–H and O–H groups in total. The standard InChI is InChI=1S/C31H39N3S2.2CH2Cl2.Au.BrH/c1-18(2)22-12-9-13-23(19(3)4)28(22)33-30(35)26-16-11-17-27(32-26)31(36)34-29-24(20(5)6)14-10-15-25(29)21(7)8;2*2-1-3;;/h9-21H,1-8H3,(H,33,35)(H,34,36);2*1H2;;1H/q;;;+3;/p-3. The second kappa shape index (κ2) is 24.0. The predicted octanol–water partition coefficient (Wildman–Crippen LogP) is 8.67. The van der Waals surface area contributed by atoms with E-state index in [0.717, 1.165) is 11.4 Å². The smallest absolute Gasteiger partial charge is 1.00 e. The summed E-state index contributed by atoms with van der Waals surface area (Å²) in [5.74, 6) is 1.36. The van der Waals surface area contributed by atoms with Gasteiger partial charge in [-0.15, -0.1) is 46.4 Å². The van der Waals surface area contributed by atoms with E-state index in [0.29, 0.717) is 45.1 Å². The minimum atomic E-state index is 0. The van der Waals surface area contributed by atoms with Crippen LogP contribution in [0.15, 0.2) is 64.6 Å². The van der Waals surface area contributed by atoms with Crippen LogP contribution in [-0.2, 0) is 47.6 Å². The molecule has 0 saturated carbocycles. The van der Waals surface area contributed by atoms with Crippen molar-refractivity contribution in [2.45, 2.75) is 79.1 Å². The fraction of sp³-hybridized carbons (Fsp3) is 0.424. The number of rotatable bonds is 8. The van der Waals surface area contributed by atoms with E-state index in [9.17, 15) is 0 Å². The van der Waals surface area contributed by atoms with E-state index in [-0.39, 0.29) is 50.0 Å². The number of nitrogens with zero attached hydrogens (tertiary/aromatic N) is 3. The first-order chi connectivity index (χ1) is 19.8. The van der Waals surface area contributed by atoms with Crippen LogP contribution < -0.4 is 17.0 Å². The summed E-state index contributed by atoms with van der Waals surface area (Å²) in [4.78, 5) is 14.6. The second-order valence-electron chi connectivity index (χ2n) is 10.6. The summed E-state index contributed by atoms with van der Waals surface area (Å²) in [5.41, 5.74) is 7.95. The van der Waals surface area contributed by atoms with Gasteiger partial charge in [-0.2, -0.15) is 0 Å². The average Bonchev–Trinajstić information content (AvgIpc) is 2.93. The minimum absolute atomic E-state index is 0. The number of hydrogen-bond donors (Lipinski definition) is 0. The zero-order valence-electron chi connectivity index (χ0n) is 26.3. The van der Waals surface area contributed by atoms with Gasteiger partial charge in [0.25, 0.3) is 0 Å². The van der Waals surface area contributed by atoms with Crippen LogP contribution in [0.25, 0.3) is 0 Å². The third-order valence-electron chi connectivity index (χ3n) is 6.30. The second-order valence-corrected chi connectivity index (χ2v) is 13.0. The van der Waals surface area contributed by atoms with Crippen LogP contribution in [0.4, 0.5) is 11.4 Å². The van der Waals surface area contributed by atoms with E-state index in [4.69, 9.17) is 86.6 Å². The molecule has 3 rings (SSSR count). The monoisotopic (exact) mass is 959 g/mol. The van der Waals surface area contributed by atoms with Crippen LogP contribution in [0.1, 0.15) is 113 Å². The van der Waals surface area contributed by atoms with Crippen LogP contribution in [-0.4, -0.2) is 25.7 Å². The number of aromatic nitrogens is 1. The third kappa shape index (κ3) is 14.3. The van der Waals surface area contributed by atoms with Gasteiger partial charge >= 0.3 is 22.4 Å². The van der Waals surface area contributed by atoms with E-state index in [1.165, 1.54) is 22.3 Å². The van der Waals surface area contributed by atoms with Crippen molar-refractivity contribution in [1.82, 2.24) is 4.98 Å². The molecule has 0 spiro atoms. The molecule has 1 heterocycles. The molecule has 0 radical (unpaired) electrons. The molecule has 2 aromatic carbocycles. The Kier molecular flexibility index (Phi) is 25.0. The van der Waals surface area contributed by atoms with E-state index in [1.807, 2.05) is 18.2 Å². The van der Waals surface area contributed by atoms with E-state index < -0.39 is 0 Å². The molecule has 0 unspecified atom stereocenters. The van der Waals surface area contributed by atoms with Gasteiger partial charge in [-0.25, -0.2) is 4.98 Å². The number of hydrogen-bond acceptors (Lipinski definition) is 5. The van der Waals surface area contributed by atoms with Gasteiger partial charge in [-0.05, 0) is 58.1 Å². The van der Waals surface area contributed by atoms with Gasteiger partial charge in [-0.1, -0.05) is 108 Å². The molecule has 0 aliphatic carbocycles. The molecule has 0 atom stereocenters. The Morgan fingerprint density at radius 2 is 0.795 bits per heavy atom. The Hall–Kier alpha value is -0.250. The van der Waals surface area contributed by atoms with Crippen LogP contribution in [0, 0.1) is 0 Å². The molecule has 0 aliphatic heterocycles. The van der Waals surface area contributed by atoms with E-state index in [2.05, 4.69) is 91.8 Å². The minimum Gasteiger partial charge on any atom is -1.00 e. The molecule has 0 bridgehead atoms. The van der Waals surface area contributed by atoms with Crippen molar-refractivity contribution < 1.29 is 39.4 Å². The predicted molar refractivity (Wildman–Crippen MR) is 194 cm³/mol. The number of pyridine rings is 1. The maximum atomic E-state index is 5.78. The van der Waals surface area contributed by atoms with Crippen molar-refractivity contribution in [2.75, 3.05) is 10.7 Å². The quantitative estimate of drug-likeness (QED) is 0.0747. The number of benzene rings is 2. The zero-order valence-corrected chi connectivity index (χ0v) is 34.7. The van der Waals surface area contributed by atoms with Gasteiger partial charge < -0.3 is 42.2 Å². The zero-order chi connectivity index (χ0) is 32.0. The Balaban J connectivity index is 0. The fourth-order valence-corrected chi connectivity index (χ4v) is 4.68.